The van der Waals surface area contributed by atoms with Gasteiger partial charge >= 0.3 is 13.8 Å². The first-order valence-corrected chi connectivity index (χ1v) is 25.1. The Hall–Kier alpha value is -1.96. The van der Waals surface area contributed by atoms with Gasteiger partial charge in [-0.2, -0.15) is 0 Å². The SMILES string of the molecule is CC/C=C\C/C=C\C/C=C\C/C=C\C/C=C\CCCCCC(=O)OC(COCCCCCCCCCCCCCCCCC)COP(=O)(O)OC1C(O)C(O)C(O)C(O)C1O. The maximum absolute atomic E-state index is 12.8. The van der Waals surface area contributed by atoms with E-state index in [1.807, 2.05) is 0 Å². The summed E-state index contributed by atoms with van der Waals surface area (Å²) in [5.41, 5.74) is 0. The van der Waals surface area contributed by atoms with Crippen LogP contribution in [0.25, 0.3) is 0 Å². The Kier molecular flexibility index (Phi) is 36.0. The second kappa shape index (κ2) is 38.5. The molecule has 0 saturated heterocycles. The highest BCUT2D eigenvalue weighted by atomic mass is 31.2. The highest BCUT2D eigenvalue weighted by Gasteiger charge is 2.51. The van der Waals surface area contributed by atoms with E-state index in [2.05, 4.69) is 74.6 Å². The fraction of sp³-hybridized carbons (Fsp3) is 0.771. The molecule has 0 spiro atoms. The van der Waals surface area contributed by atoms with Gasteiger partial charge in [0.05, 0.1) is 13.2 Å². The molecule has 0 bridgehead atoms. The first-order chi connectivity index (χ1) is 29.5. The van der Waals surface area contributed by atoms with E-state index in [0.29, 0.717) is 13.0 Å². The summed E-state index contributed by atoms with van der Waals surface area (Å²) in [4.78, 5) is 23.2. The monoisotopic (exact) mass is 885 g/mol. The molecule has 0 radical (unpaired) electrons. The Morgan fingerprint density at radius 2 is 0.967 bits per heavy atom. The molecule has 0 aliphatic heterocycles. The van der Waals surface area contributed by atoms with Crippen LogP contribution in [0.4, 0.5) is 0 Å². The lowest BCUT2D eigenvalue weighted by atomic mass is 9.85. The zero-order valence-corrected chi connectivity index (χ0v) is 38.6. The van der Waals surface area contributed by atoms with Gasteiger partial charge in [0, 0.05) is 13.0 Å². The van der Waals surface area contributed by atoms with Crippen molar-refractivity contribution in [1.29, 1.82) is 0 Å². The molecule has 1 aliphatic carbocycles. The number of aliphatic hydroxyl groups excluding tert-OH is 5. The summed E-state index contributed by atoms with van der Waals surface area (Å²) in [5.74, 6) is -0.508. The number of ether oxygens (including phenoxy) is 2. The Balaban J connectivity index is 2.42. The van der Waals surface area contributed by atoms with E-state index in [0.717, 1.165) is 70.6 Å². The van der Waals surface area contributed by atoms with E-state index in [9.17, 15) is 39.8 Å². The molecular weight excluding hydrogens is 799 g/mol. The number of rotatable bonds is 39. The first-order valence-electron chi connectivity index (χ1n) is 23.6. The number of unbranched alkanes of at least 4 members (excludes halogenated alkanes) is 17. The third kappa shape index (κ3) is 30.7. The van der Waals surface area contributed by atoms with Crippen LogP contribution in [0, 0.1) is 0 Å². The minimum absolute atomic E-state index is 0.0906. The Bertz CT molecular complexity index is 1240. The molecule has 1 fully saturated rings. The van der Waals surface area contributed by atoms with Crippen molar-refractivity contribution in [3.63, 3.8) is 0 Å². The Morgan fingerprint density at radius 1 is 0.541 bits per heavy atom. The van der Waals surface area contributed by atoms with E-state index in [4.69, 9.17) is 18.5 Å². The van der Waals surface area contributed by atoms with Crippen molar-refractivity contribution in [3.05, 3.63) is 60.8 Å². The maximum atomic E-state index is 12.8. The number of allylic oxidation sites excluding steroid dienone is 10. The summed E-state index contributed by atoms with van der Waals surface area (Å²) in [5, 5.41) is 50.2. The summed E-state index contributed by atoms with van der Waals surface area (Å²) in [7, 11) is -5.03. The topological polar surface area (TPSA) is 192 Å². The molecule has 0 aromatic carbocycles. The van der Waals surface area contributed by atoms with Gasteiger partial charge in [0.2, 0.25) is 0 Å². The van der Waals surface area contributed by atoms with Gasteiger partial charge in [-0.05, 0) is 57.8 Å². The number of phosphoric acid groups is 1. The molecule has 1 saturated carbocycles. The van der Waals surface area contributed by atoms with E-state index in [1.54, 1.807) is 0 Å². The lowest BCUT2D eigenvalue weighted by Gasteiger charge is -2.41. The van der Waals surface area contributed by atoms with Crippen molar-refractivity contribution in [2.75, 3.05) is 19.8 Å². The third-order valence-corrected chi connectivity index (χ3v) is 11.6. The number of phosphoric ester groups is 1. The normalized spacial score (nSPS) is 22.7. The zero-order valence-electron chi connectivity index (χ0n) is 37.7. The summed E-state index contributed by atoms with van der Waals surface area (Å²) in [6.45, 7) is 4.11. The van der Waals surface area contributed by atoms with E-state index < -0.39 is 63.1 Å². The van der Waals surface area contributed by atoms with Crippen LogP contribution in [0.5, 0.6) is 0 Å². The molecule has 0 aromatic heterocycles. The van der Waals surface area contributed by atoms with Crippen LogP contribution in [0.3, 0.4) is 0 Å². The van der Waals surface area contributed by atoms with Crippen molar-refractivity contribution in [1.82, 2.24) is 0 Å². The number of esters is 1. The number of aliphatic hydroxyl groups is 5. The van der Waals surface area contributed by atoms with E-state index >= 15 is 0 Å². The fourth-order valence-corrected chi connectivity index (χ4v) is 7.88. The van der Waals surface area contributed by atoms with Gasteiger partial charge in [-0.1, -0.05) is 171 Å². The quantitative estimate of drug-likeness (QED) is 0.0148. The minimum atomic E-state index is -5.03. The number of hydrogen-bond acceptors (Lipinski definition) is 11. The highest BCUT2D eigenvalue weighted by molar-refractivity contribution is 7.47. The van der Waals surface area contributed by atoms with Crippen LogP contribution in [-0.2, 0) is 27.9 Å². The standard InChI is InChI=1S/C48H85O12P/c1-3-5-7-9-11-13-15-17-19-20-21-22-23-25-27-29-31-33-35-37-42(49)59-41(40-58-61(55,56)60-48-46(53)44(51)43(50)45(52)47(48)54)39-57-38-36-34-32-30-28-26-24-18-16-14-12-10-8-6-4-2/h5,7,11,13,17,19,21-22,25,27,41,43-48,50-54H,3-4,6,8-10,12,14-16,18,20,23-24,26,28-40H2,1-2H3,(H,55,56)/b7-5-,13-11-,19-17-,22-21-,27-25-. The second-order valence-electron chi connectivity index (χ2n) is 16.2. The Morgan fingerprint density at radius 3 is 1.46 bits per heavy atom. The van der Waals surface area contributed by atoms with Crippen LogP contribution < -0.4 is 0 Å². The molecule has 61 heavy (non-hydrogen) atoms. The molecule has 0 heterocycles. The van der Waals surface area contributed by atoms with E-state index in [-0.39, 0.29) is 13.0 Å². The predicted molar refractivity (Wildman–Crippen MR) is 244 cm³/mol. The smallest absolute Gasteiger partial charge is 0.457 e. The Labute approximate surface area is 368 Å². The fourth-order valence-electron chi connectivity index (χ4n) is 6.91. The number of hydrogen-bond donors (Lipinski definition) is 6. The number of carbonyl (C=O) groups is 1. The van der Waals surface area contributed by atoms with Crippen LogP contribution >= 0.6 is 7.82 Å². The lowest BCUT2D eigenvalue weighted by molar-refractivity contribution is -0.220. The molecule has 13 heteroatoms. The zero-order chi connectivity index (χ0) is 44.8. The van der Waals surface area contributed by atoms with Gasteiger partial charge in [0.25, 0.3) is 0 Å². The lowest BCUT2D eigenvalue weighted by Crippen LogP contribution is -2.64. The number of carbonyl (C=O) groups excluding carboxylic acids is 1. The molecule has 12 nitrogen and oxygen atoms in total. The summed E-state index contributed by atoms with van der Waals surface area (Å²) in [6, 6.07) is 0. The molecule has 0 amide bonds. The maximum Gasteiger partial charge on any atom is 0.472 e. The highest BCUT2D eigenvalue weighted by Crippen LogP contribution is 2.47. The third-order valence-electron chi connectivity index (χ3n) is 10.7. The van der Waals surface area contributed by atoms with Gasteiger partial charge in [-0.3, -0.25) is 13.8 Å². The van der Waals surface area contributed by atoms with Crippen molar-refractivity contribution in [3.8, 4) is 0 Å². The average molecular weight is 885 g/mol. The predicted octanol–water partition coefficient (Wildman–Crippen LogP) is 9.81. The van der Waals surface area contributed by atoms with Gasteiger partial charge in [0.15, 0.2) is 0 Å². The van der Waals surface area contributed by atoms with Gasteiger partial charge < -0.3 is 39.9 Å². The van der Waals surface area contributed by atoms with Crippen molar-refractivity contribution < 1.29 is 58.3 Å². The molecule has 1 aliphatic rings. The molecule has 6 unspecified atom stereocenters. The van der Waals surface area contributed by atoms with Crippen molar-refractivity contribution in [2.45, 2.75) is 217 Å². The summed E-state index contributed by atoms with van der Waals surface area (Å²) < 4.78 is 34.2. The van der Waals surface area contributed by atoms with Gasteiger partial charge in [0.1, 0.15) is 42.7 Å². The molecule has 6 atom stereocenters. The summed E-state index contributed by atoms with van der Waals surface area (Å²) in [6.07, 6.45) is 35.7. The molecule has 0 aromatic rings. The van der Waals surface area contributed by atoms with Crippen LogP contribution in [-0.4, -0.2) is 98.9 Å². The average Bonchev–Trinajstić information content (AvgIpc) is 3.24. The largest absolute Gasteiger partial charge is 0.472 e. The van der Waals surface area contributed by atoms with E-state index in [1.165, 1.54) is 77.0 Å². The minimum Gasteiger partial charge on any atom is -0.457 e. The first kappa shape index (κ1) is 57.1. The molecular formula is C48H85O12P. The second-order valence-corrected chi connectivity index (χ2v) is 17.6. The summed E-state index contributed by atoms with van der Waals surface area (Å²) >= 11 is 0. The van der Waals surface area contributed by atoms with Crippen molar-refractivity contribution in [2.24, 2.45) is 0 Å². The molecule has 6 N–H and O–H groups in total. The molecule has 1 rings (SSSR count). The van der Waals surface area contributed by atoms with Crippen molar-refractivity contribution >= 4 is 13.8 Å². The van der Waals surface area contributed by atoms with Crippen LogP contribution in [0.2, 0.25) is 0 Å². The van der Waals surface area contributed by atoms with Crippen LogP contribution in [0.1, 0.15) is 174 Å². The molecule has 354 valence electrons. The van der Waals surface area contributed by atoms with Gasteiger partial charge in [-0.15, -0.1) is 0 Å². The van der Waals surface area contributed by atoms with Crippen LogP contribution in [0.15, 0.2) is 60.8 Å². The van der Waals surface area contributed by atoms with Gasteiger partial charge in [-0.25, -0.2) is 4.57 Å².